The Morgan fingerprint density at radius 2 is 1.70 bits per heavy atom. The molecule has 0 radical (unpaired) electrons. The molecule has 1 heterocycles. The minimum absolute atomic E-state index is 0.0227. The molecule has 2 aliphatic rings. The number of amides is 3. The molecule has 3 amide bonds. The molecule has 2 atom stereocenters. The molecule has 0 bridgehead atoms. The third-order valence-electron chi connectivity index (χ3n) is 6.53. The summed E-state index contributed by atoms with van der Waals surface area (Å²) in [5.41, 5.74) is 0.492. The summed E-state index contributed by atoms with van der Waals surface area (Å²) in [4.78, 5) is 33.6. The third kappa shape index (κ3) is 5.25. The van der Waals surface area contributed by atoms with E-state index in [-0.39, 0.29) is 35.5 Å². The number of nitrogens with zero attached hydrogens (tertiary/aromatic N) is 3. The molecule has 7 nitrogen and oxygen atoms in total. The number of benzene rings is 2. The van der Waals surface area contributed by atoms with E-state index in [0.717, 1.165) is 31.0 Å². The molecule has 11 heteroatoms. The Labute approximate surface area is 211 Å². The number of hydroxylamine groups is 1. The zero-order valence-electron chi connectivity index (χ0n) is 20.3. The normalized spacial score (nSPS) is 19.7. The molecular formula is C26H26F4N4O3. The Morgan fingerprint density at radius 1 is 1.11 bits per heavy atom. The smallest absolute Gasteiger partial charge is 0.289 e. The molecule has 1 N–H and O–H groups in total. The lowest BCUT2D eigenvalue weighted by molar-refractivity contribution is -0.137. The minimum Gasteiger partial charge on any atom is -0.289 e. The van der Waals surface area contributed by atoms with Crippen LogP contribution >= 0.6 is 0 Å². The SMILES string of the molecule is CC(C)CONC(=O)c1ccc(N2C(=O)N(c3ccc(C#N)c(C(F)(F)F)c3)C3CCCCC32)cc1F. The number of nitriles is 1. The highest BCUT2D eigenvalue weighted by molar-refractivity contribution is 6.08. The first-order chi connectivity index (χ1) is 17.5. The van der Waals surface area contributed by atoms with Crippen LogP contribution in [0.4, 0.5) is 33.7 Å². The summed E-state index contributed by atoms with van der Waals surface area (Å²) in [5, 5.41) is 9.12. The lowest BCUT2D eigenvalue weighted by Gasteiger charge is -2.32. The van der Waals surface area contributed by atoms with Crippen LogP contribution in [0.15, 0.2) is 36.4 Å². The number of urea groups is 1. The number of anilines is 2. The second kappa shape index (κ2) is 10.4. The van der Waals surface area contributed by atoms with Gasteiger partial charge < -0.3 is 0 Å². The van der Waals surface area contributed by atoms with Crippen LogP contribution in [-0.2, 0) is 11.0 Å². The summed E-state index contributed by atoms with van der Waals surface area (Å²) in [7, 11) is 0. The number of hydrogen-bond acceptors (Lipinski definition) is 4. The topological polar surface area (TPSA) is 85.7 Å². The van der Waals surface area contributed by atoms with Gasteiger partial charge in [-0.2, -0.15) is 18.4 Å². The third-order valence-corrected chi connectivity index (χ3v) is 6.53. The van der Waals surface area contributed by atoms with E-state index in [4.69, 9.17) is 10.1 Å². The van der Waals surface area contributed by atoms with Gasteiger partial charge in [0, 0.05) is 11.4 Å². The monoisotopic (exact) mass is 518 g/mol. The van der Waals surface area contributed by atoms with Crippen molar-refractivity contribution in [3.63, 3.8) is 0 Å². The molecule has 1 saturated heterocycles. The van der Waals surface area contributed by atoms with Crippen LogP contribution in [0.1, 0.15) is 61.0 Å². The maximum absolute atomic E-state index is 15.0. The molecule has 1 aliphatic carbocycles. The molecule has 0 spiro atoms. The molecule has 2 aromatic carbocycles. The van der Waals surface area contributed by atoms with E-state index in [1.807, 2.05) is 13.8 Å². The van der Waals surface area contributed by atoms with Gasteiger partial charge in [-0.05, 0) is 55.2 Å². The number of halogens is 4. The molecule has 1 saturated carbocycles. The fourth-order valence-electron chi connectivity index (χ4n) is 4.88. The van der Waals surface area contributed by atoms with Crippen molar-refractivity contribution < 1.29 is 32.0 Å². The number of fused-ring (bicyclic) bond motifs is 1. The number of rotatable bonds is 6. The van der Waals surface area contributed by atoms with Crippen LogP contribution in [-0.4, -0.2) is 30.6 Å². The van der Waals surface area contributed by atoms with E-state index in [2.05, 4.69) is 5.48 Å². The maximum Gasteiger partial charge on any atom is 0.417 e. The molecule has 4 rings (SSSR count). The second-order valence-corrected chi connectivity index (χ2v) is 9.58. The van der Waals surface area contributed by atoms with Crippen molar-refractivity contribution in [3.8, 4) is 6.07 Å². The molecule has 196 valence electrons. The number of hydrogen-bond donors (Lipinski definition) is 1. The summed E-state index contributed by atoms with van der Waals surface area (Å²) < 4.78 is 55.7. The Hall–Kier alpha value is -3.65. The van der Waals surface area contributed by atoms with Crippen molar-refractivity contribution in [2.75, 3.05) is 16.4 Å². The van der Waals surface area contributed by atoms with Gasteiger partial charge in [0.1, 0.15) is 5.82 Å². The number of alkyl halides is 3. The van der Waals surface area contributed by atoms with E-state index in [9.17, 15) is 27.2 Å². The van der Waals surface area contributed by atoms with Gasteiger partial charge in [-0.1, -0.05) is 26.7 Å². The van der Waals surface area contributed by atoms with Gasteiger partial charge in [-0.25, -0.2) is 14.7 Å². The molecule has 37 heavy (non-hydrogen) atoms. The van der Waals surface area contributed by atoms with Gasteiger partial charge in [0.2, 0.25) is 0 Å². The highest BCUT2D eigenvalue weighted by Crippen LogP contribution is 2.42. The average Bonchev–Trinajstić information content (AvgIpc) is 3.14. The predicted octanol–water partition coefficient (Wildman–Crippen LogP) is 5.79. The number of carbonyl (C=O) groups is 2. The van der Waals surface area contributed by atoms with E-state index in [1.54, 1.807) is 6.07 Å². The highest BCUT2D eigenvalue weighted by Gasteiger charge is 2.48. The summed E-state index contributed by atoms with van der Waals surface area (Å²) in [6.45, 7) is 4.02. The van der Waals surface area contributed by atoms with Crippen molar-refractivity contribution in [1.29, 1.82) is 5.26 Å². The largest absolute Gasteiger partial charge is 0.417 e. The summed E-state index contributed by atoms with van der Waals surface area (Å²) >= 11 is 0. The Morgan fingerprint density at radius 3 is 2.24 bits per heavy atom. The Balaban J connectivity index is 1.66. The van der Waals surface area contributed by atoms with Crippen molar-refractivity contribution in [2.24, 2.45) is 5.92 Å². The van der Waals surface area contributed by atoms with E-state index < -0.39 is 41.1 Å². The van der Waals surface area contributed by atoms with Crippen molar-refractivity contribution in [2.45, 2.75) is 57.8 Å². The molecule has 2 fully saturated rings. The fraction of sp³-hybridized carbons (Fsp3) is 0.423. The maximum atomic E-state index is 15.0. The summed E-state index contributed by atoms with van der Waals surface area (Å²) in [6, 6.07) is 7.09. The van der Waals surface area contributed by atoms with Crippen LogP contribution in [0.3, 0.4) is 0 Å². The Bertz CT molecular complexity index is 1240. The van der Waals surface area contributed by atoms with E-state index in [1.165, 1.54) is 28.0 Å². The number of nitrogens with one attached hydrogen (secondary N) is 1. The predicted molar refractivity (Wildman–Crippen MR) is 127 cm³/mol. The average molecular weight is 519 g/mol. The van der Waals surface area contributed by atoms with Crippen LogP contribution < -0.4 is 15.3 Å². The standard InChI is InChI=1S/C26H26F4N4O3/c1-15(2)14-37-32-24(35)19-10-9-18(12-21(19)27)34-23-6-4-3-5-22(23)33(25(34)36)17-8-7-16(13-31)20(11-17)26(28,29)30/h7-12,15,22-23H,3-6,14H2,1-2H3,(H,32,35). The molecule has 0 aromatic heterocycles. The van der Waals surface area contributed by atoms with Gasteiger partial charge in [-0.15, -0.1) is 0 Å². The van der Waals surface area contributed by atoms with E-state index >= 15 is 0 Å². The van der Waals surface area contributed by atoms with E-state index in [0.29, 0.717) is 12.8 Å². The van der Waals surface area contributed by atoms with Gasteiger partial charge in [0.05, 0.1) is 41.5 Å². The first kappa shape index (κ1) is 26.4. The molecule has 1 aliphatic heterocycles. The van der Waals surface area contributed by atoms with Crippen LogP contribution in [0.2, 0.25) is 0 Å². The summed E-state index contributed by atoms with van der Waals surface area (Å²) in [6.07, 6.45) is -2.04. The van der Waals surface area contributed by atoms with Gasteiger partial charge >= 0.3 is 12.2 Å². The fourth-order valence-corrected chi connectivity index (χ4v) is 4.88. The quantitative estimate of drug-likeness (QED) is 0.387. The zero-order valence-corrected chi connectivity index (χ0v) is 20.3. The van der Waals surface area contributed by atoms with Gasteiger partial charge in [-0.3, -0.25) is 19.4 Å². The molecular weight excluding hydrogens is 492 g/mol. The lowest BCUT2D eigenvalue weighted by atomic mass is 9.89. The second-order valence-electron chi connectivity index (χ2n) is 9.58. The van der Waals surface area contributed by atoms with Crippen molar-refractivity contribution in [1.82, 2.24) is 5.48 Å². The minimum atomic E-state index is -4.77. The zero-order chi connectivity index (χ0) is 26.9. The van der Waals surface area contributed by atoms with Crippen LogP contribution in [0.5, 0.6) is 0 Å². The van der Waals surface area contributed by atoms with Gasteiger partial charge in [0.25, 0.3) is 5.91 Å². The van der Waals surface area contributed by atoms with Crippen molar-refractivity contribution in [3.05, 3.63) is 58.9 Å². The lowest BCUT2D eigenvalue weighted by Crippen LogP contribution is -2.40. The highest BCUT2D eigenvalue weighted by atomic mass is 19.4. The van der Waals surface area contributed by atoms with Crippen molar-refractivity contribution >= 4 is 23.3 Å². The molecule has 2 aromatic rings. The first-order valence-electron chi connectivity index (χ1n) is 12.0. The number of carbonyl (C=O) groups excluding carboxylic acids is 2. The van der Waals surface area contributed by atoms with Crippen LogP contribution in [0, 0.1) is 23.1 Å². The van der Waals surface area contributed by atoms with Crippen LogP contribution in [0.25, 0.3) is 0 Å². The Kier molecular flexibility index (Phi) is 7.41. The first-order valence-corrected chi connectivity index (χ1v) is 12.0. The summed E-state index contributed by atoms with van der Waals surface area (Å²) in [5.74, 6) is -1.48. The molecule has 2 unspecified atom stereocenters. The van der Waals surface area contributed by atoms with Gasteiger partial charge in [0.15, 0.2) is 0 Å².